The summed E-state index contributed by atoms with van der Waals surface area (Å²) in [6.45, 7) is 5.67. The number of ether oxygens (including phenoxy) is 2. The highest BCUT2D eigenvalue weighted by atomic mass is 16.7. The molecule has 2 amide bonds. The molecule has 0 bridgehead atoms. The highest BCUT2D eigenvalue weighted by Gasteiger charge is 2.50. The number of aliphatic hydroxyl groups excluding tert-OH is 1. The summed E-state index contributed by atoms with van der Waals surface area (Å²) < 4.78 is 13.3. The molecule has 0 aliphatic carbocycles. The number of carbonyl (C=O) groups excluding carboxylic acids is 2. The van der Waals surface area contributed by atoms with Crippen LogP contribution < -0.4 is 15.5 Å². The lowest BCUT2D eigenvalue weighted by atomic mass is 9.85. The molecule has 57 heavy (non-hydrogen) atoms. The number of likely N-dealkylation sites (tertiary alicyclic amines) is 1. The summed E-state index contributed by atoms with van der Waals surface area (Å²) in [7, 11) is 0. The molecule has 3 heterocycles. The maximum atomic E-state index is 13.3. The van der Waals surface area contributed by atoms with Crippen molar-refractivity contribution in [2.75, 3.05) is 31.2 Å². The minimum atomic E-state index is -0.546. The number of aliphatic hydroxyl groups is 1. The van der Waals surface area contributed by atoms with E-state index >= 15 is 0 Å². The van der Waals surface area contributed by atoms with Crippen LogP contribution in [0.15, 0.2) is 78.9 Å². The molecule has 9 nitrogen and oxygen atoms in total. The Morgan fingerprint density at radius 2 is 1.37 bits per heavy atom. The zero-order valence-electron chi connectivity index (χ0n) is 34.5. The van der Waals surface area contributed by atoms with Gasteiger partial charge in [0.15, 0.2) is 6.29 Å². The van der Waals surface area contributed by atoms with Crippen molar-refractivity contribution in [1.29, 1.82) is 0 Å². The van der Waals surface area contributed by atoms with E-state index in [0.29, 0.717) is 26.1 Å². The third-order valence-corrected chi connectivity index (χ3v) is 12.4. The third-order valence-electron chi connectivity index (χ3n) is 12.4. The van der Waals surface area contributed by atoms with Gasteiger partial charge in [-0.2, -0.15) is 0 Å². The lowest BCUT2D eigenvalue weighted by molar-refractivity contribution is -0.253. The predicted octanol–water partition coefficient (Wildman–Crippen LogP) is 9.25. The lowest BCUT2D eigenvalue weighted by Crippen LogP contribution is -2.57. The molecule has 3 aliphatic heterocycles. The van der Waals surface area contributed by atoms with E-state index in [-0.39, 0.29) is 30.6 Å². The number of unbranched alkanes of at least 4 members (excludes halogenated alkanes) is 12. The van der Waals surface area contributed by atoms with Crippen molar-refractivity contribution in [2.24, 2.45) is 0 Å². The van der Waals surface area contributed by atoms with Crippen LogP contribution in [0.5, 0.6) is 0 Å². The summed E-state index contributed by atoms with van der Waals surface area (Å²) in [5.41, 5.74) is 4.47. The molecular weight excluding hydrogens is 713 g/mol. The van der Waals surface area contributed by atoms with Gasteiger partial charge in [-0.1, -0.05) is 151 Å². The second-order valence-corrected chi connectivity index (χ2v) is 16.6. The van der Waals surface area contributed by atoms with E-state index in [1.807, 2.05) is 42.5 Å². The summed E-state index contributed by atoms with van der Waals surface area (Å²) in [6, 6.07) is 26.4. The van der Waals surface area contributed by atoms with E-state index < -0.39 is 11.8 Å². The Kier molecular flexibility index (Phi) is 16.8. The topological polar surface area (TPSA) is 103 Å². The molecular formula is C48H68N4O5. The molecule has 3 saturated heterocycles. The van der Waals surface area contributed by atoms with E-state index in [4.69, 9.17) is 9.47 Å². The molecule has 3 aromatic rings. The molecule has 3 atom stereocenters. The van der Waals surface area contributed by atoms with Crippen molar-refractivity contribution in [3.05, 3.63) is 101 Å². The van der Waals surface area contributed by atoms with Crippen LogP contribution in [0.4, 0.5) is 5.69 Å². The van der Waals surface area contributed by atoms with Gasteiger partial charge >= 0.3 is 0 Å². The summed E-state index contributed by atoms with van der Waals surface area (Å²) >= 11 is 0. The third kappa shape index (κ3) is 12.4. The fourth-order valence-electron chi connectivity index (χ4n) is 8.84. The molecule has 3 aliphatic rings. The van der Waals surface area contributed by atoms with E-state index in [1.54, 1.807) is 0 Å². The minimum Gasteiger partial charge on any atom is -0.392 e. The quantitative estimate of drug-likeness (QED) is 0.0874. The Hall–Kier alpha value is -3.76. The second kappa shape index (κ2) is 22.4. The summed E-state index contributed by atoms with van der Waals surface area (Å²) in [5, 5.41) is 15.9. The molecule has 6 rings (SSSR count). The lowest BCUT2D eigenvalue weighted by Gasteiger charge is -2.45. The molecule has 1 spiro atoms. The van der Waals surface area contributed by atoms with Gasteiger partial charge in [-0.05, 0) is 48.1 Å². The average molecular weight is 781 g/mol. The van der Waals surface area contributed by atoms with Crippen LogP contribution in [0.1, 0.15) is 151 Å². The molecule has 0 radical (unpaired) electrons. The number of carbonyl (C=O) groups is 2. The molecule has 1 unspecified atom stereocenters. The molecule has 3 fully saturated rings. The fourth-order valence-corrected chi connectivity index (χ4v) is 8.84. The van der Waals surface area contributed by atoms with Crippen LogP contribution in [0, 0.1) is 0 Å². The van der Waals surface area contributed by atoms with Gasteiger partial charge in [-0.3, -0.25) is 9.59 Å². The first kappa shape index (κ1) is 42.8. The number of hydrogen-bond acceptors (Lipinski definition) is 7. The van der Waals surface area contributed by atoms with Crippen molar-refractivity contribution < 1.29 is 24.2 Å². The number of para-hydroxylation sites is 1. The Balaban J connectivity index is 0.958. The van der Waals surface area contributed by atoms with Crippen LogP contribution in [-0.2, 0) is 32.2 Å². The number of benzene rings is 3. The van der Waals surface area contributed by atoms with E-state index in [1.165, 1.54) is 70.6 Å². The van der Waals surface area contributed by atoms with Crippen LogP contribution in [0.3, 0.4) is 0 Å². The highest BCUT2D eigenvalue weighted by Crippen LogP contribution is 2.40. The Labute approximate surface area is 341 Å². The van der Waals surface area contributed by atoms with Gasteiger partial charge in [-0.25, -0.2) is 0 Å². The van der Waals surface area contributed by atoms with E-state index in [9.17, 15) is 14.7 Å². The van der Waals surface area contributed by atoms with Gasteiger partial charge in [-0.15, -0.1) is 0 Å². The molecule has 3 N–H and O–H groups in total. The molecule has 3 aromatic carbocycles. The first-order valence-corrected chi connectivity index (χ1v) is 22.2. The number of nitrogens with zero attached hydrogens (tertiary/aromatic N) is 2. The van der Waals surface area contributed by atoms with Gasteiger partial charge in [0.1, 0.15) is 5.54 Å². The zero-order chi connectivity index (χ0) is 39.7. The number of rotatable bonds is 22. The number of hydrogen-bond donors (Lipinski definition) is 3. The Morgan fingerprint density at radius 3 is 2.00 bits per heavy atom. The second-order valence-electron chi connectivity index (χ2n) is 16.6. The van der Waals surface area contributed by atoms with Crippen molar-refractivity contribution in [3.63, 3.8) is 0 Å². The molecule has 310 valence electrons. The largest absolute Gasteiger partial charge is 0.392 e. The van der Waals surface area contributed by atoms with Crippen LogP contribution >= 0.6 is 0 Å². The van der Waals surface area contributed by atoms with Crippen molar-refractivity contribution in [2.45, 2.75) is 153 Å². The first-order valence-electron chi connectivity index (χ1n) is 22.2. The minimum absolute atomic E-state index is 0.00256. The fraction of sp³-hybridized carbons (Fsp3) is 0.583. The van der Waals surface area contributed by atoms with Gasteiger partial charge in [0.05, 0.1) is 25.5 Å². The average Bonchev–Trinajstić information content (AvgIpc) is 3.57. The normalized spacial score (nSPS) is 20.8. The van der Waals surface area contributed by atoms with Gasteiger partial charge in [0.25, 0.3) is 0 Å². The van der Waals surface area contributed by atoms with Crippen molar-refractivity contribution in [3.8, 4) is 0 Å². The van der Waals surface area contributed by atoms with Gasteiger partial charge < -0.3 is 35.0 Å². The highest BCUT2D eigenvalue weighted by molar-refractivity contribution is 5.93. The zero-order valence-corrected chi connectivity index (χ0v) is 34.5. The molecule has 0 saturated carbocycles. The maximum Gasteiger partial charge on any atom is 0.247 e. The van der Waals surface area contributed by atoms with Crippen LogP contribution in [0.2, 0.25) is 0 Å². The Morgan fingerprint density at radius 1 is 0.772 bits per heavy atom. The van der Waals surface area contributed by atoms with E-state index in [0.717, 1.165) is 73.3 Å². The monoisotopic (exact) mass is 781 g/mol. The summed E-state index contributed by atoms with van der Waals surface area (Å²) in [6.07, 6.45) is 18.9. The Bertz CT molecular complexity index is 1630. The smallest absolute Gasteiger partial charge is 0.247 e. The van der Waals surface area contributed by atoms with Crippen molar-refractivity contribution >= 4 is 17.5 Å². The summed E-state index contributed by atoms with van der Waals surface area (Å²) in [4.78, 5) is 30.6. The molecule has 9 heteroatoms. The number of anilines is 1. The van der Waals surface area contributed by atoms with Gasteiger partial charge in [0, 0.05) is 50.3 Å². The number of amides is 2. The SMILES string of the molecule is CCCCCCCCCCCCCCCC(=O)NCc1ccc(C2O[C@H](CN3CCC4(CC3)C(=O)NCN4c3ccccc3)C[C@H](c3ccc(CO)cc3)O2)cc1. The number of piperidine rings is 1. The predicted molar refractivity (Wildman–Crippen MR) is 227 cm³/mol. The first-order chi connectivity index (χ1) is 28.0. The molecule has 0 aromatic heterocycles. The van der Waals surface area contributed by atoms with Crippen LogP contribution in [-0.4, -0.2) is 59.8 Å². The number of nitrogens with one attached hydrogen (secondary N) is 2. The van der Waals surface area contributed by atoms with E-state index in [2.05, 4.69) is 63.8 Å². The maximum absolute atomic E-state index is 13.3. The summed E-state index contributed by atoms with van der Waals surface area (Å²) in [5.74, 6) is 0.238. The van der Waals surface area contributed by atoms with Crippen LogP contribution in [0.25, 0.3) is 0 Å². The standard InChI is InChI=1S/C48H68N4O5/c1-2-3-4-5-6-7-8-9-10-11-12-13-17-20-45(54)49-34-38-21-27-41(28-22-38)46-56-43(33-44(57-46)40-25-23-39(36-53)24-26-40)35-51-31-29-48(30-32-51)47(55)50-37-52(48)42-18-15-14-16-19-42/h14-16,18-19,21-28,43-44,46,53H,2-13,17,20,29-37H2,1H3,(H,49,54)(H,50,55)/t43-,44+,46?/m0/s1. The van der Waals surface area contributed by atoms with Crippen molar-refractivity contribution in [1.82, 2.24) is 15.5 Å². The van der Waals surface area contributed by atoms with Gasteiger partial charge in [0.2, 0.25) is 11.8 Å².